The molecule has 0 aliphatic carbocycles. The van der Waals surface area contributed by atoms with Gasteiger partial charge in [0, 0.05) is 25.9 Å². The van der Waals surface area contributed by atoms with Gasteiger partial charge in [-0.3, -0.25) is 14.5 Å². The molecule has 2 aromatic rings. The predicted octanol–water partition coefficient (Wildman–Crippen LogP) is 2.30. The molecule has 28 heavy (non-hydrogen) atoms. The Kier molecular flexibility index (Phi) is 9.18. The van der Waals surface area contributed by atoms with Gasteiger partial charge >= 0.3 is 0 Å². The number of carbonyl (C=O) groups excluding carboxylic acids is 2. The number of anilines is 1. The van der Waals surface area contributed by atoms with E-state index < -0.39 is 0 Å². The fourth-order valence-corrected chi connectivity index (χ4v) is 2.81. The van der Waals surface area contributed by atoms with Gasteiger partial charge in [0.1, 0.15) is 0 Å². The molecule has 0 spiro atoms. The van der Waals surface area contributed by atoms with Crippen molar-refractivity contribution in [3.05, 3.63) is 66.2 Å². The third-order valence-corrected chi connectivity index (χ3v) is 4.22. The van der Waals surface area contributed by atoms with E-state index in [1.165, 1.54) is 0 Å². The maximum absolute atomic E-state index is 13.0. The van der Waals surface area contributed by atoms with E-state index in [0.29, 0.717) is 19.7 Å². The second kappa shape index (κ2) is 11.9. The number of carbonyl (C=O) groups is 2. The Hall–Kier alpha value is -2.70. The highest BCUT2D eigenvalue weighted by atomic mass is 16.5. The molecule has 0 aliphatic rings. The van der Waals surface area contributed by atoms with Crippen molar-refractivity contribution >= 4 is 17.5 Å². The minimum atomic E-state index is -0.0966. The van der Waals surface area contributed by atoms with Gasteiger partial charge in [0.2, 0.25) is 11.8 Å². The molecule has 0 unspecified atom stereocenters. The molecule has 6 nitrogen and oxygen atoms in total. The minimum absolute atomic E-state index is 0.0512. The first kappa shape index (κ1) is 21.6. The van der Waals surface area contributed by atoms with Crippen LogP contribution < -0.4 is 10.2 Å². The molecule has 0 saturated carbocycles. The first-order valence-corrected chi connectivity index (χ1v) is 9.43. The standard InChI is InChI=1S/C22H29N3O3/c1-24(17-21(26)23-14-9-15-28-2)18-22(27)25(20-12-7-4-8-13-20)16-19-10-5-3-6-11-19/h3-8,10-13H,9,14-18H2,1-2H3,(H,23,26). The van der Waals surface area contributed by atoms with E-state index in [-0.39, 0.29) is 24.9 Å². The predicted molar refractivity (Wildman–Crippen MR) is 111 cm³/mol. The molecule has 0 radical (unpaired) electrons. The number of nitrogens with one attached hydrogen (secondary N) is 1. The van der Waals surface area contributed by atoms with Crippen molar-refractivity contribution in [2.24, 2.45) is 0 Å². The van der Waals surface area contributed by atoms with Gasteiger partial charge in [0.25, 0.3) is 0 Å². The van der Waals surface area contributed by atoms with Crippen molar-refractivity contribution in [2.75, 3.05) is 45.3 Å². The highest BCUT2D eigenvalue weighted by molar-refractivity contribution is 5.95. The third-order valence-electron chi connectivity index (χ3n) is 4.22. The van der Waals surface area contributed by atoms with E-state index in [9.17, 15) is 9.59 Å². The second-order valence-electron chi connectivity index (χ2n) is 6.67. The summed E-state index contributed by atoms with van der Waals surface area (Å²) in [5.74, 6) is -0.148. The van der Waals surface area contributed by atoms with Crippen molar-refractivity contribution < 1.29 is 14.3 Å². The Morgan fingerprint density at radius 1 is 0.964 bits per heavy atom. The van der Waals surface area contributed by atoms with Crippen LogP contribution in [0, 0.1) is 0 Å². The van der Waals surface area contributed by atoms with Crippen LogP contribution in [0.25, 0.3) is 0 Å². The Labute approximate surface area is 167 Å². The molecule has 0 aromatic heterocycles. The highest BCUT2D eigenvalue weighted by Crippen LogP contribution is 2.17. The molecule has 150 valence electrons. The average Bonchev–Trinajstić information content (AvgIpc) is 2.70. The maximum atomic E-state index is 13.0. The summed E-state index contributed by atoms with van der Waals surface area (Å²) in [4.78, 5) is 28.5. The third kappa shape index (κ3) is 7.50. The molecule has 0 fully saturated rings. The Morgan fingerprint density at radius 2 is 1.61 bits per heavy atom. The van der Waals surface area contributed by atoms with Crippen LogP contribution in [0.5, 0.6) is 0 Å². The van der Waals surface area contributed by atoms with Crippen LogP contribution in [0.1, 0.15) is 12.0 Å². The van der Waals surface area contributed by atoms with Crippen LogP contribution in [-0.4, -0.2) is 57.1 Å². The van der Waals surface area contributed by atoms with E-state index in [2.05, 4.69) is 5.32 Å². The summed E-state index contributed by atoms with van der Waals surface area (Å²) in [7, 11) is 3.41. The van der Waals surface area contributed by atoms with E-state index in [4.69, 9.17) is 4.74 Å². The number of likely N-dealkylation sites (N-methyl/N-ethyl adjacent to an activating group) is 1. The van der Waals surface area contributed by atoms with Crippen molar-refractivity contribution in [3.63, 3.8) is 0 Å². The lowest BCUT2D eigenvalue weighted by Crippen LogP contribution is -2.42. The van der Waals surface area contributed by atoms with Gasteiger partial charge < -0.3 is 15.0 Å². The van der Waals surface area contributed by atoms with Crippen molar-refractivity contribution in [2.45, 2.75) is 13.0 Å². The molecule has 2 aromatic carbocycles. The molecule has 0 saturated heterocycles. The Bertz CT molecular complexity index is 722. The number of hydrogen-bond acceptors (Lipinski definition) is 4. The summed E-state index contributed by atoms with van der Waals surface area (Å²) < 4.78 is 4.96. The second-order valence-corrected chi connectivity index (χ2v) is 6.67. The smallest absolute Gasteiger partial charge is 0.241 e. The molecule has 0 bridgehead atoms. The van der Waals surface area contributed by atoms with Crippen molar-refractivity contribution in [1.82, 2.24) is 10.2 Å². The lowest BCUT2D eigenvalue weighted by atomic mass is 10.2. The van der Waals surface area contributed by atoms with Gasteiger partial charge in [-0.15, -0.1) is 0 Å². The van der Waals surface area contributed by atoms with Crippen LogP contribution in [0.2, 0.25) is 0 Å². The topological polar surface area (TPSA) is 61.9 Å². The summed E-state index contributed by atoms with van der Waals surface area (Å²) in [6, 6.07) is 19.5. The molecule has 2 rings (SSSR count). The number of methoxy groups -OCH3 is 1. The van der Waals surface area contributed by atoms with Gasteiger partial charge in [0.15, 0.2) is 0 Å². The fraction of sp³-hybridized carbons (Fsp3) is 0.364. The SMILES string of the molecule is COCCCNC(=O)CN(C)CC(=O)N(Cc1ccccc1)c1ccccc1. The van der Waals surface area contributed by atoms with Crippen molar-refractivity contribution in [1.29, 1.82) is 0 Å². The minimum Gasteiger partial charge on any atom is -0.385 e. The number of ether oxygens (including phenoxy) is 1. The van der Waals surface area contributed by atoms with Crippen LogP contribution in [-0.2, 0) is 20.9 Å². The maximum Gasteiger partial charge on any atom is 0.241 e. The molecule has 0 heterocycles. The first-order valence-electron chi connectivity index (χ1n) is 9.43. The van der Waals surface area contributed by atoms with Gasteiger partial charge in [-0.1, -0.05) is 48.5 Å². The first-order chi connectivity index (χ1) is 13.6. The normalized spacial score (nSPS) is 10.7. The monoisotopic (exact) mass is 383 g/mol. The average molecular weight is 383 g/mol. The number of rotatable bonds is 11. The Morgan fingerprint density at radius 3 is 2.25 bits per heavy atom. The van der Waals surface area contributed by atoms with Gasteiger partial charge in [-0.25, -0.2) is 0 Å². The number of para-hydroxylation sites is 1. The molecule has 0 atom stereocenters. The van der Waals surface area contributed by atoms with Gasteiger partial charge in [0.05, 0.1) is 19.6 Å². The highest BCUT2D eigenvalue weighted by Gasteiger charge is 2.19. The van der Waals surface area contributed by atoms with Crippen LogP contribution in [0.3, 0.4) is 0 Å². The summed E-state index contributed by atoms with van der Waals surface area (Å²) in [5, 5.41) is 2.84. The zero-order chi connectivity index (χ0) is 20.2. The Balaban J connectivity index is 1.95. The van der Waals surface area contributed by atoms with Crippen molar-refractivity contribution in [3.8, 4) is 0 Å². The van der Waals surface area contributed by atoms with Crippen LogP contribution >= 0.6 is 0 Å². The number of amides is 2. The molecular formula is C22H29N3O3. The molecule has 0 aliphatic heterocycles. The lowest BCUT2D eigenvalue weighted by Gasteiger charge is -2.25. The lowest BCUT2D eigenvalue weighted by molar-refractivity contribution is -0.123. The summed E-state index contributed by atoms with van der Waals surface area (Å²) in [6.45, 7) is 2.00. The van der Waals surface area contributed by atoms with Gasteiger partial charge in [-0.2, -0.15) is 0 Å². The van der Waals surface area contributed by atoms with E-state index in [1.807, 2.05) is 60.7 Å². The zero-order valence-electron chi connectivity index (χ0n) is 16.6. The summed E-state index contributed by atoms with van der Waals surface area (Å²) in [6.07, 6.45) is 0.768. The largest absolute Gasteiger partial charge is 0.385 e. The van der Waals surface area contributed by atoms with Crippen LogP contribution in [0.15, 0.2) is 60.7 Å². The van der Waals surface area contributed by atoms with E-state index >= 15 is 0 Å². The van der Waals surface area contributed by atoms with Crippen LogP contribution in [0.4, 0.5) is 5.69 Å². The summed E-state index contributed by atoms with van der Waals surface area (Å²) in [5.41, 5.74) is 1.90. The molecular weight excluding hydrogens is 354 g/mol. The quantitative estimate of drug-likeness (QED) is 0.605. The summed E-state index contributed by atoms with van der Waals surface area (Å²) >= 11 is 0. The molecule has 2 amide bonds. The molecule has 1 N–H and O–H groups in total. The fourth-order valence-electron chi connectivity index (χ4n) is 2.81. The zero-order valence-corrected chi connectivity index (χ0v) is 16.6. The van der Waals surface area contributed by atoms with Gasteiger partial charge in [-0.05, 0) is 31.2 Å². The number of hydrogen-bond donors (Lipinski definition) is 1. The molecule has 6 heteroatoms. The van der Waals surface area contributed by atoms with E-state index in [0.717, 1.165) is 17.7 Å². The number of nitrogens with zero attached hydrogens (tertiary/aromatic N) is 2. The van der Waals surface area contributed by atoms with E-state index in [1.54, 1.807) is 24.0 Å². The number of benzene rings is 2.